The molecule has 5 nitrogen and oxygen atoms in total. The van der Waals surface area contributed by atoms with Crippen LogP contribution in [0.25, 0.3) is 0 Å². The number of amides is 1. The van der Waals surface area contributed by atoms with Crippen LogP contribution in [0.2, 0.25) is 0 Å². The lowest BCUT2D eigenvalue weighted by molar-refractivity contribution is -0.124. The zero-order valence-corrected chi connectivity index (χ0v) is 10.8. The molecule has 3 N–H and O–H groups in total. The topological polar surface area (TPSA) is 89.3 Å². The predicted molar refractivity (Wildman–Crippen MR) is 64.8 cm³/mol. The monoisotopic (exact) mass is 250 g/mol. The quantitative estimate of drug-likeness (QED) is 0.630. The van der Waals surface area contributed by atoms with E-state index in [2.05, 4.69) is 5.32 Å². The molecule has 0 aliphatic carbocycles. The van der Waals surface area contributed by atoms with Gasteiger partial charge in [0.2, 0.25) is 5.91 Å². The van der Waals surface area contributed by atoms with Crippen molar-refractivity contribution in [3.05, 3.63) is 0 Å². The number of nitrogens with one attached hydrogen (secondary N) is 1. The molecule has 0 fully saturated rings. The molecule has 0 aliphatic rings. The fourth-order valence-corrected chi connectivity index (χ4v) is 1.91. The normalized spacial score (nSPS) is 13.4. The summed E-state index contributed by atoms with van der Waals surface area (Å²) in [5, 5.41) is 2.62. The number of sulfone groups is 1. The Kier molecular flexibility index (Phi) is 7.33. The number of nitrogens with two attached hydrogens (primary N) is 1. The van der Waals surface area contributed by atoms with Gasteiger partial charge in [-0.1, -0.05) is 13.8 Å². The highest BCUT2D eigenvalue weighted by Crippen LogP contribution is 2.04. The van der Waals surface area contributed by atoms with Gasteiger partial charge in [0.15, 0.2) is 9.84 Å². The van der Waals surface area contributed by atoms with E-state index in [0.717, 1.165) is 12.8 Å². The van der Waals surface area contributed by atoms with Gasteiger partial charge in [-0.15, -0.1) is 0 Å². The second-order valence-corrected chi connectivity index (χ2v) is 6.33. The van der Waals surface area contributed by atoms with E-state index < -0.39 is 9.84 Å². The van der Waals surface area contributed by atoms with Crippen LogP contribution in [-0.4, -0.2) is 38.9 Å². The van der Waals surface area contributed by atoms with Gasteiger partial charge in [-0.05, 0) is 19.4 Å². The van der Waals surface area contributed by atoms with Crippen LogP contribution < -0.4 is 11.1 Å². The minimum Gasteiger partial charge on any atom is -0.355 e. The van der Waals surface area contributed by atoms with E-state index in [1.165, 1.54) is 0 Å². The van der Waals surface area contributed by atoms with Crippen molar-refractivity contribution >= 4 is 15.7 Å². The molecule has 0 spiro atoms. The predicted octanol–water partition coefficient (Wildman–Crippen LogP) is -0.0877. The molecule has 1 atom stereocenters. The molecule has 0 saturated heterocycles. The smallest absolute Gasteiger partial charge is 0.222 e. The van der Waals surface area contributed by atoms with Crippen molar-refractivity contribution in [2.24, 2.45) is 11.7 Å². The summed E-state index contributed by atoms with van der Waals surface area (Å²) in [5.74, 6) is -0.0719. The first kappa shape index (κ1) is 15.4. The molecular weight excluding hydrogens is 228 g/mol. The third-order valence-corrected chi connectivity index (χ3v) is 4.15. The Labute approximate surface area is 97.7 Å². The number of carbonyl (C=O) groups excluding carboxylic acids is 1. The second-order valence-electron chi connectivity index (χ2n) is 3.86. The van der Waals surface area contributed by atoms with Gasteiger partial charge in [-0.2, -0.15) is 0 Å². The fraction of sp³-hybridized carbons (Fsp3) is 0.900. The van der Waals surface area contributed by atoms with Gasteiger partial charge in [0.25, 0.3) is 0 Å². The van der Waals surface area contributed by atoms with E-state index in [-0.39, 0.29) is 29.9 Å². The standard InChI is InChI=1S/C10H22N2O3S/c1-3-16(14,15)8-7-12-10(13)9(2)5-4-6-11/h9H,3-8,11H2,1-2H3,(H,12,13). The van der Waals surface area contributed by atoms with Gasteiger partial charge in [0, 0.05) is 18.2 Å². The van der Waals surface area contributed by atoms with Crippen molar-refractivity contribution in [1.82, 2.24) is 5.32 Å². The first-order chi connectivity index (χ1) is 7.43. The largest absolute Gasteiger partial charge is 0.355 e. The lowest BCUT2D eigenvalue weighted by Crippen LogP contribution is -2.33. The highest BCUT2D eigenvalue weighted by molar-refractivity contribution is 7.91. The Morgan fingerprint density at radius 3 is 2.56 bits per heavy atom. The van der Waals surface area contributed by atoms with Crippen molar-refractivity contribution < 1.29 is 13.2 Å². The Morgan fingerprint density at radius 2 is 2.06 bits per heavy atom. The summed E-state index contributed by atoms with van der Waals surface area (Å²) < 4.78 is 22.3. The van der Waals surface area contributed by atoms with Crippen molar-refractivity contribution in [2.75, 3.05) is 24.6 Å². The maximum Gasteiger partial charge on any atom is 0.222 e. The maximum atomic E-state index is 11.5. The zero-order chi connectivity index (χ0) is 12.6. The number of hydrogen-bond acceptors (Lipinski definition) is 4. The Hall–Kier alpha value is -0.620. The van der Waals surface area contributed by atoms with E-state index >= 15 is 0 Å². The van der Waals surface area contributed by atoms with Crippen molar-refractivity contribution in [2.45, 2.75) is 26.7 Å². The van der Waals surface area contributed by atoms with Crippen LogP contribution in [0.3, 0.4) is 0 Å². The SMILES string of the molecule is CCS(=O)(=O)CCNC(=O)C(C)CCCN. The Balaban J connectivity index is 3.81. The summed E-state index contributed by atoms with van der Waals surface area (Å²) in [7, 11) is -2.99. The van der Waals surface area contributed by atoms with Crippen LogP contribution in [-0.2, 0) is 14.6 Å². The lowest BCUT2D eigenvalue weighted by atomic mass is 10.1. The molecule has 0 rings (SSSR count). The third-order valence-electron chi connectivity index (χ3n) is 2.44. The zero-order valence-electron chi connectivity index (χ0n) is 10.0. The molecule has 0 aromatic heterocycles. The number of rotatable bonds is 8. The lowest BCUT2D eigenvalue weighted by Gasteiger charge is -2.11. The highest BCUT2D eigenvalue weighted by Gasteiger charge is 2.13. The molecule has 6 heteroatoms. The Bertz CT molecular complexity index is 301. The number of hydrogen-bond donors (Lipinski definition) is 2. The van der Waals surface area contributed by atoms with E-state index in [0.29, 0.717) is 6.54 Å². The molecule has 0 heterocycles. The van der Waals surface area contributed by atoms with E-state index in [1.807, 2.05) is 6.92 Å². The van der Waals surface area contributed by atoms with Crippen LogP contribution in [0.5, 0.6) is 0 Å². The van der Waals surface area contributed by atoms with Gasteiger partial charge in [-0.25, -0.2) is 8.42 Å². The second kappa shape index (κ2) is 7.62. The fourth-order valence-electron chi connectivity index (χ4n) is 1.20. The van der Waals surface area contributed by atoms with Gasteiger partial charge < -0.3 is 11.1 Å². The molecule has 0 aromatic rings. The molecule has 0 bridgehead atoms. The summed E-state index contributed by atoms with van der Waals surface area (Å²) in [4.78, 5) is 11.5. The first-order valence-electron chi connectivity index (χ1n) is 5.61. The molecule has 1 amide bonds. The molecule has 0 aromatic carbocycles. The molecule has 0 saturated carbocycles. The van der Waals surface area contributed by atoms with Gasteiger partial charge in [-0.3, -0.25) is 4.79 Å². The van der Waals surface area contributed by atoms with Crippen molar-refractivity contribution in [1.29, 1.82) is 0 Å². The van der Waals surface area contributed by atoms with Crippen LogP contribution in [0, 0.1) is 5.92 Å². The van der Waals surface area contributed by atoms with E-state index in [4.69, 9.17) is 5.73 Å². The van der Waals surface area contributed by atoms with Crippen molar-refractivity contribution in [3.8, 4) is 0 Å². The molecule has 0 radical (unpaired) electrons. The molecule has 0 aliphatic heterocycles. The van der Waals surface area contributed by atoms with Crippen LogP contribution in [0.4, 0.5) is 0 Å². The summed E-state index contributed by atoms with van der Waals surface area (Å²) in [6, 6.07) is 0. The molecule has 96 valence electrons. The number of carbonyl (C=O) groups is 1. The molecule has 1 unspecified atom stereocenters. The molecule has 16 heavy (non-hydrogen) atoms. The summed E-state index contributed by atoms with van der Waals surface area (Å²) in [6.07, 6.45) is 1.55. The van der Waals surface area contributed by atoms with Crippen molar-refractivity contribution in [3.63, 3.8) is 0 Å². The first-order valence-corrected chi connectivity index (χ1v) is 7.43. The minimum atomic E-state index is -2.99. The summed E-state index contributed by atoms with van der Waals surface area (Å²) in [5.41, 5.74) is 5.34. The highest BCUT2D eigenvalue weighted by atomic mass is 32.2. The van der Waals surface area contributed by atoms with Crippen LogP contribution in [0.1, 0.15) is 26.7 Å². The molecular formula is C10H22N2O3S. The van der Waals surface area contributed by atoms with Gasteiger partial charge in [0.05, 0.1) is 5.75 Å². The maximum absolute atomic E-state index is 11.5. The van der Waals surface area contributed by atoms with E-state index in [9.17, 15) is 13.2 Å². The average molecular weight is 250 g/mol. The minimum absolute atomic E-state index is 0.0127. The van der Waals surface area contributed by atoms with Gasteiger partial charge >= 0.3 is 0 Å². The van der Waals surface area contributed by atoms with Crippen LogP contribution >= 0.6 is 0 Å². The van der Waals surface area contributed by atoms with E-state index in [1.54, 1.807) is 6.92 Å². The van der Waals surface area contributed by atoms with Crippen LogP contribution in [0.15, 0.2) is 0 Å². The third kappa shape index (κ3) is 6.79. The average Bonchev–Trinajstić information content (AvgIpc) is 2.25. The summed E-state index contributed by atoms with van der Waals surface area (Å²) >= 11 is 0. The summed E-state index contributed by atoms with van der Waals surface area (Å²) in [6.45, 7) is 4.18. The van der Waals surface area contributed by atoms with Gasteiger partial charge in [0.1, 0.15) is 0 Å². The Morgan fingerprint density at radius 1 is 1.44 bits per heavy atom.